The van der Waals surface area contributed by atoms with Crippen molar-refractivity contribution >= 4 is 0 Å². The number of aliphatic hydroxyl groups is 1. The van der Waals surface area contributed by atoms with E-state index in [0.29, 0.717) is 12.6 Å². The Morgan fingerprint density at radius 3 is 2.95 bits per heavy atom. The Hall–Kier alpha value is -1.10. The van der Waals surface area contributed by atoms with E-state index in [1.165, 1.54) is 5.56 Å². The molecule has 0 bridgehead atoms. The van der Waals surface area contributed by atoms with E-state index >= 15 is 0 Å². The molecule has 3 rings (SSSR count). The number of aliphatic hydroxyl groups excluding tert-OH is 1. The van der Waals surface area contributed by atoms with Crippen LogP contribution in [0, 0.1) is 5.92 Å². The van der Waals surface area contributed by atoms with Crippen molar-refractivity contribution in [3.63, 3.8) is 0 Å². The molecule has 1 heterocycles. The predicted octanol–water partition coefficient (Wildman–Crippen LogP) is 1.28. The third kappa shape index (κ3) is 2.36. The molecule has 1 saturated heterocycles. The average molecular weight is 263 g/mol. The lowest BCUT2D eigenvalue weighted by molar-refractivity contribution is 0.00223. The highest BCUT2D eigenvalue weighted by Gasteiger charge is 2.38. The van der Waals surface area contributed by atoms with Gasteiger partial charge in [-0.1, -0.05) is 6.07 Å². The van der Waals surface area contributed by atoms with E-state index in [1.807, 2.05) is 12.1 Å². The van der Waals surface area contributed by atoms with Gasteiger partial charge in [0.05, 0.1) is 26.4 Å². The van der Waals surface area contributed by atoms with Crippen LogP contribution in [0.3, 0.4) is 0 Å². The first-order chi connectivity index (χ1) is 9.19. The molecule has 1 aromatic carbocycles. The zero-order valence-corrected chi connectivity index (χ0v) is 11.4. The van der Waals surface area contributed by atoms with E-state index in [2.05, 4.69) is 18.3 Å². The van der Waals surface area contributed by atoms with E-state index in [9.17, 15) is 5.11 Å². The number of ether oxygens (including phenoxy) is 2. The molecule has 2 aliphatic rings. The lowest BCUT2D eigenvalue weighted by atomic mass is 9.93. The van der Waals surface area contributed by atoms with Gasteiger partial charge in [-0.25, -0.2) is 0 Å². The van der Waals surface area contributed by atoms with E-state index in [0.717, 1.165) is 24.3 Å². The summed E-state index contributed by atoms with van der Waals surface area (Å²) in [5.74, 6) is 0.990. The third-order valence-electron chi connectivity index (χ3n) is 4.21. The van der Waals surface area contributed by atoms with Crippen LogP contribution < -0.4 is 10.1 Å². The van der Waals surface area contributed by atoms with Crippen LogP contribution >= 0.6 is 0 Å². The molecule has 104 valence electrons. The summed E-state index contributed by atoms with van der Waals surface area (Å²) in [5.41, 5.74) is 2.22. The molecule has 4 nitrogen and oxygen atoms in total. The van der Waals surface area contributed by atoms with Crippen LogP contribution in [0.5, 0.6) is 5.75 Å². The number of morpholine rings is 1. The maximum absolute atomic E-state index is 10.5. The smallest absolute Gasteiger partial charge is 0.119 e. The first-order valence-corrected chi connectivity index (χ1v) is 6.87. The lowest BCUT2D eigenvalue weighted by Gasteiger charge is -2.34. The van der Waals surface area contributed by atoms with Crippen molar-refractivity contribution in [2.24, 2.45) is 5.92 Å². The highest BCUT2D eigenvalue weighted by Crippen LogP contribution is 2.40. The number of rotatable bonds is 2. The maximum atomic E-state index is 10.5. The molecule has 4 atom stereocenters. The fourth-order valence-electron chi connectivity index (χ4n) is 3.20. The van der Waals surface area contributed by atoms with Crippen LogP contribution in [0.4, 0.5) is 0 Å². The van der Waals surface area contributed by atoms with Gasteiger partial charge in [0.15, 0.2) is 0 Å². The summed E-state index contributed by atoms with van der Waals surface area (Å²) in [5, 5.41) is 14.1. The van der Waals surface area contributed by atoms with Crippen molar-refractivity contribution in [3.05, 3.63) is 29.3 Å². The Kier molecular flexibility index (Phi) is 3.48. The zero-order chi connectivity index (χ0) is 13.4. The molecule has 2 N–H and O–H groups in total. The van der Waals surface area contributed by atoms with Crippen LogP contribution in [0.25, 0.3) is 0 Å². The monoisotopic (exact) mass is 263 g/mol. The highest BCUT2D eigenvalue weighted by atomic mass is 16.5. The Bertz CT molecular complexity index is 463. The average Bonchev–Trinajstić information content (AvgIpc) is 2.76. The minimum atomic E-state index is -0.434. The second-order valence-corrected chi connectivity index (χ2v) is 5.59. The summed E-state index contributed by atoms with van der Waals surface area (Å²) < 4.78 is 10.8. The Labute approximate surface area is 113 Å². The van der Waals surface area contributed by atoms with Crippen molar-refractivity contribution < 1.29 is 14.6 Å². The lowest BCUT2D eigenvalue weighted by Crippen LogP contribution is -2.51. The maximum Gasteiger partial charge on any atom is 0.119 e. The van der Waals surface area contributed by atoms with E-state index < -0.39 is 6.10 Å². The fourth-order valence-corrected chi connectivity index (χ4v) is 3.20. The summed E-state index contributed by atoms with van der Waals surface area (Å²) in [6, 6.07) is 6.54. The number of hydrogen-bond donors (Lipinski definition) is 2. The van der Waals surface area contributed by atoms with E-state index in [4.69, 9.17) is 9.47 Å². The van der Waals surface area contributed by atoms with Gasteiger partial charge in [-0.05, 0) is 36.6 Å². The van der Waals surface area contributed by atoms with Crippen LogP contribution in [0.2, 0.25) is 0 Å². The summed E-state index contributed by atoms with van der Waals surface area (Å²) in [6.07, 6.45) is 0.463. The second kappa shape index (κ2) is 5.12. The van der Waals surface area contributed by atoms with Gasteiger partial charge in [0, 0.05) is 18.0 Å². The first kappa shape index (κ1) is 12.9. The Morgan fingerprint density at radius 2 is 2.21 bits per heavy atom. The van der Waals surface area contributed by atoms with Gasteiger partial charge in [-0.15, -0.1) is 0 Å². The SMILES string of the molecule is COc1ccc2c(c1)C(O)C(C1COCC(C)N1)C2. The molecule has 1 aliphatic heterocycles. The Morgan fingerprint density at radius 1 is 1.37 bits per heavy atom. The van der Waals surface area contributed by atoms with Crippen LogP contribution in [0.1, 0.15) is 24.2 Å². The molecule has 1 aliphatic carbocycles. The van der Waals surface area contributed by atoms with Crippen molar-refractivity contribution in [1.82, 2.24) is 5.32 Å². The first-order valence-electron chi connectivity index (χ1n) is 6.87. The van der Waals surface area contributed by atoms with E-state index in [-0.39, 0.29) is 12.0 Å². The molecule has 0 spiro atoms. The Balaban J connectivity index is 1.80. The zero-order valence-electron chi connectivity index (χ0n) is 11.4. The molecule has 1 aromatic rings. The van der Waals surface area contributed by atoms with Gasteiger partial charge in [-0.2, -0.15) is 0 Å². The molecular formula is C15H21NO3. The standard InChI is InChI=1S/C15H21NO3/c1-9-7-19-8-14(16-9)13-5-10-3-4-11(18-2)6-12(10)15(13)17/h3-4,6,9,13-17H,5,7-8H2,1-2H3. The summed E-state index contributed by atoms with van der Waals surface area (Å²) in [4.78, 5) is 0. The molecule has 0 amide bonds. The summed E-state index contributed by atoms with van der Waals surface area (Å²) in [7, 11) is 1.65. The van der Waals surface area contributed by atoms with Crippen molar-refractivity contribution in [2.75, 3.05) is 20.3 Å². The van der Waals surface area contributed by atoms with Gasteiger partial charge >= 0.3 is 0 Å². The highest BCUT2D eigenvalue weighted by molar-refractivity contribution is 5.41. The van der Waals surface area contributed by atoms with Crippen molar-refractivity contribution in [1.29, 1.82) is 0 Å². The quantitative estimate of drug-likeness (QED) is 0.844. The van der Waals surface area contributed by atoms with Crippen LogP contribution in [0.15, 0.2) is 18.2 Å². The largest absolute Gasteiger partial charge is 0.497 e. The molecule has 19 heavy (non-hydrogen) atoms. The number of hydrogen-bond acceptors (Lipinski definition) is 4. The normalized spacial score (nSPS) is 34.1. The second-order valence-electron chi connectivity index (χ2n) is 5.59. The predicted molar refractivity (Wildman–Crippen MR) is 72.4 cm³/mol. The molecule has 0 radical (unpaired) electrons. The van der Waals surface area contributed by atoms with Gasteiger partial charge in [0.2, 0.25) is 0 Å². The molecular weight excluding hydrogens is 242 g/mol. The van der Waals surface area contributed by atoms with Gasteiger partial charge in [0.1, 0.15) is 5.75 Å². The minimum absolute atomic E-state index is 0.185. The molecule has 0 saturated carbocycles. The third-order valence-corrected chi connectivity index (χ3v) is 4.21. The van der Waals surface area contributed by atoms with Gasteiger partial charge in [0.25, 0.3) is 0 Å². The number of methoxy groups -OCH3 is 1. The van der Waals surface area contributed by atoms with E-state index in [1.54, 1.807) is 7.11 Å². The molecule has 4 unspecified atom stereocenters. The van der Waals surface area contributed by atoms with Crippen molar-refractivity contribution in [3.8, 4) is 5.75 Å². The van der Waals surface area contributed by atoms with Gasteiger partial charge in [-0.3, -0.25) is 0 Å². The van der Waals surface area contributed by atoms with Crippen LogP contribution in [-0.4, -0.2) is 37.5 Å². The fraction of sp³-hybridized carbons (Fsp3) is 0.600. The molecule has 4 heteroatoms. The summed E-state index contributed by atoms with van der Waals surface area (Å²) in [6.45, 7) is 3.54. The molecule has 1 fully saturated rings. The summed E-state index contributed by atoms with van der Waals surface area (Å²) >= 11 is 0. The van der Waals surface area contributed by atoms with Gasteiger partial charge < -0.3 is 19.9 Å². The minimum Gasteiger partial charge on any atom is -0.497 e. The number of nitrogens with one attached hydrogen (secondary N) is 1. The number of fused-ring (bicyclic) bond motifs is 1. The van der Waals surface area contributed by atoms with Crippen LogP contribution in [-0.2, 0) is 11.2 Å². The number of benzene rings is 1. The van der Waals surface area contributed by atoms with Crippen molar-refractivity contribution in [2.45, 2.75) is 31.5 Å². The molecule has 0 aromatic heterocycles. The topological polar surface area (TPSA) is 50.7 Å².